The minimum atomic E-state index is -0.520. The molecule has 6 heteroatoms. The van der Waals surface area contributed by atoms with E-state index < -0.39 is 5.97 Å². The number of aromatic nitrogens is 1. The largest absolute Gasteiger partial charge is 0.452 e. The lowest BCUT2D eigenvalue weighted by molar-refractivity contribution is -0.119. The summed E-state index contributed by atoms with van der Waals surface area (Å²) in [6.45, 7) is 1.83. The number of H-pyrrole nitrogens is 1. The molecular formula is C22H23N3O3. The SMILES string of the molecule is O=C(COC(=O)c1c[nH]c2ccccc12)Nc1ccc(N2CCCCC2)cc1. The van der Waals surface area contributed by atoms with Crippen LogP contribution in [0.4, 0.5) is 11.4 Å². The molecule has 0 radical (unpaired) electrons. The monoisotopic (exact) mass is 377 g/mol. The molecule has 6 nitrogen and oxygen atoms in total. The Morgan fingerprint density at radius 2 is 1.75 bits per heavy atom. The van der Waals surface area contributed by atoms with Gasteiger partial charge in [0, 0.05) is 41.6 Å². The molecule has 1 aromatic heterocycles. The molecule has 1 saturated heterocycles. The van der Waals surface area contributed by atoms with Gasteiger partial charge in [-0.25, -0.2) is 4.79 Å². The maximum Gasteiger partial charge on any atom is 0.340 e. The van der Waals surface area contributed by atoms with Crippen molar-refractivity contribution in [3.8, 4) is 0 Å². The number of carbonyl (C=O) groups excluding carboxylic acids is 2. The summed E-state index contributed by atoms with van der Waals surface area (Å²) < 4.78 is 5.17. The normalized spacial score (nSPS) is 14.1. The number of para-hydroxylation sites is 1. The quantitative estimate of drug-likeness (QED) is 0.660. The standard InChI is InChI=1S/C22H23N3O3/c26-21(15-28-22(27)19-14-23-20-7-3-2-6-18(19)20)24-16-8-10-17(11-9-16)25-12-4-1-5-13-25/h2-3,6-11,14,23H,1,4-5,12-13,15H2,(H,24,26). The zero-order valence-electron chi connectivity index (χ0n) is 15.6. The minimum absolute atomic E-state index is 0.327. The van der Waals surface area contributed by atoms with Crippen LogP contribution in [-0.2, 0) is 9.53 Å². The molecule has 28 heavy (non-hydrogen) atoms. The van der Waals surface area contributed by atoms with Crippen molar-refractivity contribution >= 4 is 34.2 Å². The maximum absolute atomic E-state index is 12.3. The first-order valence-corrected chi connectivity index (χ1v) is 9.59. The van der Waals surface area contributed by atoms with Crippen molar-refractivity contribution < 1.29 is 14.3 Å². The molecule has 2 heterocycles. The van der Waals surface area contributed by atoms with Crippen LogP contribution in [0.3, 0.4) is 0 Å². The van der Waals surface area contributed by atoms with Crippen LogP contribution in [0.2, 0.25) is 0 Å². The molecule has 2 N–H and O–H groups in total. The van der Waals surface area contributed by atoms with Gasteiger partial charge in [-0.15, -0.1) is 0 Å². The molecule has 0 bridgehead atoms. The highest BCUT2D eigenvalue weighted by Gasteiger charge is 2.15. The fraction of sp³-hybridized carbons (Fsp3) is 0.273. The van der Waals surface area contributed by atoms with Gasteiger partial charge in [-0.3, -0.25) is 4.79 Å². The summed E-state index contributed by atoms with van der Waals surface area (Å²) in [5, 5.41) is 3.55. The number of fused-ring (bicyclic) bond motifs is 1. The molecule has 0 spiro atoms. The molecule has 144 valence electrons. The van der Waals surface area contributed by atoms with E-state index in [9.17, 15) is 9.59 Å². The van der Waals surface area contributed by atoms with E-state index in [1.807, 2.05) is 48.5 Å². The summed E-state index contributed by atoms with van der Waals surface area (Å²) in [5.41, 5.74) is 3.14. The van der Waals surface area contributed by atoms with Gasteiger partial charge in [0.25, 0.3) is 5.91 Å². The van der Waals surface area contributed by atoms with Crippen LogP contribution in [0, 0.1) is 0 Å². The lowest BCUT2D eigenvalue weighted by Crippen LogP contribution is -2.29. The highest BCUT2D eigenvalue weighted by Crippen LogP contribution is 2.22. The van der Waals surface area contributed by atoms with Crippen LogP contribution in [0.25, 0.3) is 10.9 Å². The first kappa shape index (κ1) is 18.1. The number of carbonyl (C=O) groups is 2. The van der Waals surface area contributed by atoms with E-state index in [1.54, 1.807) is 6.20 Å². The number of esters is 1. The Kier molecular flexibility index (Phi) is 5.28. The lowest BCUT2D eigenvalue weighted by Gasteiger charge is -2.28. The van der Waals surface area contributed by atoms with Crippen molar-refractivity contribution in [2.45, 2.75) is 19.3 Å². The second-order valence-electron chi connectivity index (χ2n) is 6.97. The van der Waals surface area contributed by atoms with Crippen LogP contribution < -0.4 is 10.2 Å². The third-order valence-electron chi connectivity index (χ3n) is 5.02. The van der Waals surface area contributed by atoms with Gasteiger partial charge >= 0.3 is 5.97 Å². The molecule has 1 aliphatic heterocycles. The highest BCUT2D eigenvalue weighted by atomic mass is 16.5. The Morgan fingerprint density at radius 3 is 2.54 bits per heavy atom. The second kappa shape index (κ2) is 8.17. The number of ether oxygens (including phenoxy) is 1. The van der Waals surface area contributed by atoms with Crippen molar-refractivity contribution in [3.05, 3.63) is 60.3 Å². The number of anilines is 2. The number of hydrogen-bond donors (Lipinski definition) is 2. The van der Waals surface area contributed by atoms with E-state index in [0.29, 0.717) is 11.3 Å². The zero-order chi connectivity index (χ0) is 19.3. The third kappa shape index (κ3) is 4.01. The third-order valence-corrected chi connectivity index (χ3v) is 5.02. The van der Waals surface area contributed by atoms with E-state index in [0.717, 1.165) is 24.0 Å². The Labute approximate surface area is 163 Å². The zero-order valence-corrected chi connectivity index (χ0v) is 15.6. The fourth-order valence-corrected chi connectivity index (χ4v) is 3.55. The molecule has 1 amide bonds. The van der Waals surface area contributed by atoms with E-state index >= 15 is 0 Å². The molecule has 0 atom stereocenters. The van der Waals surface area contributed by atoms with Gasteiger partial charge in [0.2, 0.25) is 0 Å². The van der Waals surface area contributed by atoms with Gasteiger partial charge in [-0.2, -0.15) is 0 Å². The van der Waals surface area contributed by atoms with Gasteiger partial charge < -0.3 is 19.9 Å². The van der Waals surface area contributed by atoms with Crippen molar-refractivity contribution in [1.29, 1.82) is 0 Å². The van der Waals surface area contributed by atoms with E-state index in [2.05, 4.69) is 15.2 Å². The lowest BCUT2D eigenvalue weighted by atomic mass is 10.1. The Bertz CT molecular complexity index is 972. The summed E-state index contributed by atoms with van der Waals surface area (Å²) in [4.78, 5) is 29.8. The maximum atomic E-state index is 12.3. The number of nitrogens with one attached hydrogen (secondary N) is 2. The predicted octanol–water partition coefficient (Wildman–Crippen LogP) is 3.95. The average Bonchev–Trinajstić information content (AvgIpc) is 3.17. The molecule has 1 fully saturated rings. The summed E-state index contributed by atoms with van der Waals surface area (Å²) in [7, 11) is 0. The van der Waals surface area contributed by atoms with Crippen LogP contribution >= 0.6 is 0 Å². The Balaban J connectivity index is 1.31. The fourth-order valence-electron chi connectivity index (χ4n) is 3.55. The van der Waals surface area contributed by atoms with Crippen molar-refractivity contribution in [2.75, 3.05) is 29.9 Å². The van der Waals surface area contributed by atoms with Crippen LogP contribution in [-0.4, -0.2) is 36.6 Å². The number of hydrogen-bond acceptors (Lipinski definition) is 4. The summed E-state index contributed by atoms with van der Waals surface area (Å²) in [5.74, 6) is -0.882. The molecular weight excluding hydrogens is 354 g/mol. The van der Waals surface area contributed by atoms with Crippen LogP contribution in [0.1, 0.15) is 29.6 Å². The second-order valence-corrected chi connectivity index (χ2v) is 6.97. The van der Waals surface area contributed by atoms with E-state index in [4.69, 9.17) is 4.74 Å². The minimum Gasteiger partial charge on any atom is -0.452 e. The van der Waals surface area contributed by atoms with Crippen molar-refractivity contribution in [1.82, 2.24) is 4.98 Å². The Hall–Kier alpha value is -3.28. The molecule has 1 aliphatic rings. The number of piperidine rings is 1. The smallest absolute Gasteiger partial charge is 0.340 e. The molecule has 3 aromatic rings. The average molecular weight is 377 g/mol. The van der Waals surface area contributed by atoms with Gasteiger partial charge in [0.15, 0.2) is 6.61 Å². The van der Waals surface area contributed by atoms with Crippen LogP contribution in [0.15, 0.2) is 54.7 Å². The first-order chi connectivity index (χ1) is 13.7. The first-order valence-electron chi connectivity index (χ1n) is 9.59. The molecule has 0 aliphatic carbocycles. The van der Waals surface area contributed by atoms with E-state index in [-0.39, 0.29) is 12.5 Å². The molecule has 2 aromatic carbocycles. The van der Waals surface area contributed by atoms with Gasteiger partial charge in [0.1, 0.15) is 0 Å². The van der Waals surface area contributed by atoms with E-state index in [1.165, 1.54) is 24.9 Å². The van der Waals surface area contributed by atoms with Crippen LogP contribution in [0.5, 0.6) is 0 Å². The number of nitrogens with zero attached hydrogens (tertiary/aromatic N) is 1. The van der Waals surface area contributed by atoms with Gasteiger partial charge in [0.05, 0.1) is 5.56 Å². The van der Waals surface area contributed by atoms with Crippen molar-refractivity contribution in [3.63, 3.8) is 0 Å². The molecule has 0 unspecified atom stereocenters. The number of aromatic amines is 1. The number of amides is 1. The summed E-state index contributed by atoms with van der Waals surface area (Å²) >= 11 is 0. The summed E-state index contributed by atoms with van der Waals surface area (Å²) in [6.07, 6.45) is 5.34. The van der Waals surface area contributed by atoms with Crippen molar-refractivity contribution in [2.24, 2.45) is 0 Å². The van der Waals surface area contributed by atoms with Gasteiger partial charge in [-0.05, 0) is 49.6 Å². The van der Waals surface area contributed by atoms with Gasteiger partial charge in [-0.1, -0.05) is 18.2 Å². The number of benzene rings is 2. The topological polar surface area (TPSA) is 74.4 Å². The molecule has 4 rings (SSSR count). The highest BCUT2D eigenvalue weighted by molar-refractivity contribution is 6.05. The predicted molar refractivity (Wildman–Crippen MR) is 110 cm³/mol. The Morgan fingerprint density at radius 1 is 1.00 bits per heavy atom. The number of rotatable bonds is 5. The summed E-state index contributed by atoms with van der Waals surface area (Å²) in [6, 6.07) is 15.2. The molecule has 0 saturated carbocycles.